The number of nitrogens with zero attached hydrogens (tertiary/aromatic N) is 1. The summed E-state index contributed by atoms with van der Waals surface area (Å²) in [7, 11) is 0. The molecule has 2 N–H and O–H groups in total. The minimum Gasteiger partial charge on any atom is -0.481 e. The molecule has 0 radical (unpaired) electrons. The molecule has 0 fully saturated rings. The van der Waals surface area contributed by atoms with E-state index < -0.39 is 5.97 Å². The number of carboxylic acid groups (broad SMARTS) is 1. The number of aryl methyl sites for hydroxylation is 1. The first kappa shape index (κ1) is 17.5. The number of carbonyl (C=O) groups is 2. The summed E-state index contributed by atoms with van der Waals surface area (Å²) in [4.78, 5) is 26.7. The number of thioether (sulfide) groups is 1. The standard InChI is InChI=1S/C16H18N2O3S2/c1-11-2-4-12(5-3-11)16-18-13(9-23-16)8-14(19)17-6-7-22-10-15(20)21/h2-5,9H,6-8,10H2,1H3,(H,17,19)(H,20,21). The largest absolute Gasteiger partial charge is 0.481 e. The summed E-state index contributed by atoms with van der Waals surface area (Å²) < 4.78 is 0. The van der Waals surface area contributed by atoms with Gasteiger partial charge in [0.1, 0.15) is 5.01 Å². The lowest BCUT2D eigenvalue weighted by molar-refractivity contribution is -0.133. The van der Waals surface area contributed by atoms with Crippen molar-refractivity contribution in [1.29, 1.82) is 0 Å². The molecule has 0 aliphatic rings. The maximum Gasteiger partial charge on any atom is 0.313 e. The molecule has 1 aromatic carbocycles. The lowest BCUT2D eigenvalue weighted by Gasteiger charge is -2.03. The Kier molecular flexibility index (Phi) is 6.61. The molecular formula is C16H18N2O3S2. The molecule has 23 heavy (non-hydrogen) atoms. The Hall–Kier alpha value is -1.86. The molecule has 122 valence electrons. The summed E-state index contributed by atoms with van der Waals surface area (Å²) in [6, 6.07) is 8.13. The maximum absolute atomic E-state index is 11.8. The third-order valence-electron chi connectivity index (χ3n) is 2.99. The van der Waals surface area contributed by atoms with Crippen LogP contribution < -0.4 is 5.32 Å². The van der Waals surface area contributed by atoms with Gasteiger partial charge in [0.15, 0.2) is 0 Å². The highest BCUT2D eigenvalue weighted by Gasteiger charge is 2.09. The van der Waals surface area contributed by atoms with Crippen LogP contribution in [0.4, 0.5) is 0 Å². The van der Waals surface area contributed by atoms with Gasteiger partial charge in [0.05, 0.1) is 17.9 Å². The normalized spacial score (nSPS) is 10.5. The Morgan fingerprint density at radius 1 is 1.30 bits per heavy atom. The van der Waals surface area contributed by atoms with Gasteiger partial charge in [-0.25, -0.2) is 4.98 Å². The van der Waals surface area contributed by atoms with E-state index >= 15 is 0 Å². The molecule has 5 nitrogen and oxygen atoms in total. The fourth-order valence-corrected chi connectivity index (χ4v) is 3.26. The fraction of sp³-hybridized carbons (Fsp3) is 0.312. The Labute approximate surface area is 143 Å². The van der Waals surface area contributed by atoms with Crippen molar-refractivity contribution in [1.82, 2.24) is 10.3 Å². The summed E-state index contributed by atoms with van der Waals surface area (Å²) in [5, 5.41) is 14.1. The number of aliphatic carboxylic acids is 1. The highest BCUT2D eigenvalue weighted by atomic mass is 32.2. The molecule has 0 saturated heterocycles. The number of aromatic nitrogens is 1. The Morgan fingerprint density at radius 2 is 2.04 bits per heavy atom. The lowest BCUT2D eigenvalue weighted by Crippen LogP contribution is -2.27. The van der Waals surface area contributed by atoms with Gasteiger partial charge in [0, 0.05) is 23.2 Å². The van der Waals surface area contributed by atoms with Crippen LogP contribution in [0.3, 0.4) is 0 Å². The van der Waals surface area contributed by atoms with E-state index in [1.54, 1.807) is 0 Å². The van der Waals surface area contributed by atoms with Gasteiger partial charge in [-0.3, -0.25) is 9.59 Å². The van der Waals surface area contributed by atoms with E-state index in [2.05, 4.69) is 10.3 Å². The van der Waals surface area contributed by atoms with Gasteiger partial charge in [0.2, 0.25) is 5.91 Å². The second-order valence-electron chi connectivity index (χ2n) is 4.98. The number of nitrogens with one attached hydrogen (secondary N) is 1. The van der Waals surface area contributed by atoms with Crippen LogP contribution >= 0.6 is 23.1 Å². The summed E-state index contributed by atoms with van der Waals surface area (Å²) in [5.41, 5.74) is 3.00. The van der Waals surface area contributed by atoms with Gasteiger partial charge < -0.3 is 10.4 Å². The monoisotopic (exact) mass is 350 g/mol. The fourth-order valence-electron chi connectivity index (χ4n) is 1.87. The molecule has 1 aromatic heterocycles. The quantitative estimate of drug-likeness (QED) is 0.716. The van der Waals surface area contributed by atoms with Gasteiger partial charge in [-0.05, 0) is 6.92 Å². The average Bonchev–Trinajstić information content (AvgIpc) is 2.95. The van der Waals surface area contributed by atoms with Crippen molar-refractivity contribution >= 4 is 35.0 Å². The number of rotatable bonds is 8. The molecule has 0 unspecified atom stereocenters. The van der Waals surface area contributed by atoms with Gasteiger partial charge >= 0.3 is 5.97 Å². The molecule has 0 bridgehead atoms. The second-order valence-corrected chi connectivity index (χ2v) is 6.95. The highest BCUT2D eigenvalue weighted by molar-refractivity contribution is 7.99. The molecule has 7 heteroatoms. The molecule has 1 amide bonds. The SMILES string of the molecule is Cc1ccc(-c2nc(CC(=O)NCCSCC(=O)O)cs2)cc1. The molecule has 2 rings (SSSR count). The molecule has 1 heterocycles. The van der Waals surface area contributed by atoms with Crippen molar-refractivity contribution in [3.05, 3.63) is 40.9 Å². The number of benzene rings is 1. The van der Waals surface area contributed by atoms with Gasteiger partial charge in [-0.15, -0.1) is 23.1 Å². The zero-order chi connectivity index (χ0) is 16.7. The number of amides is 1. The maximum atomic E-state index is 11.8. The zero-order valence-corrected chi connectivity index (χ0v) is 14.4. The van der Waals surface area contributed by atoms with E-state index in [1.807, 2.05) is 36.6 Å². The van der Waals surface area contributed by atoms with Crippen molar-refractivity contribution in [3.8, 4) is 10.6 Å². The Morgan fingerprint density at radius 3 is 2.74 bits per heavy atom. The lowest BCUT2D eigenvalue weighted by atomic mass is 10.2. The van der Waals surface area contributed by atoms with Crippen LogP contribution in [0.15, 0.2) is 29.6 Å². The van der Waals surface area contributed by atoms with E-state index in [4.69, 9.17) is 5.11 Å². The third-order valence-corrected chi connectivity index (χ3v) is 4.87. The number of hydrogen-bond donors (Lipinski definition) is 2. The predicted octanol–water partition coefficient (Wildman–Crippen LogP) is 2.60. The predicted molar refractivity (Wildman–Crippen MR) is 94.0 cm³/mol. The summed E-state index contributed by atoms with van der Waals surface area (Å²) in [6.45, 7) is 2.50. The summed E-state index contributed by atoms with van der Waals surface area (Å²) >= 11 is 2.81. The number of thiazole rings is 1. The molecule has 2 aromatic rings. The average molecular weight is 350 g/mol. The number of carboxylic acids is 1. The first-order chi connectivity index (χ1) is 11.0. The van der Waals surface area contributed by atoms with Gasteiger partial charge in [-0.1, -0.05) is 29.8 Å². The number of hydrogen-bond acceptors (Lipinski definition) is 5. The van der Waals surface area contributed by atoms with Crippen LogP contribution in [0.25, 0.3) is 10.6 Å². The molecular weight excluding hydrogens is 332 g/mol. The van der Waals surface area contributed by atoms with E-state index in [0.29, 0.717) is 12.3 Å². The Balaban J connectivity index is 1.78. The highest BCUT2D eigenvalue weighted by Crippen LogP contribution is 2.24. The van der Waals surface area contributed by atoms with Crippen LogP contribution in [-0.2, 0) is 16.0 Å². The van der Waals surface area contributed by atoms with Crippen LogP contribution in [0, 0.1) is 6.92 Å². The topological polar surface area (TPSA) is 79.3 Å². The van der Waals surface area contributed by atoms with Crippen molar-refractivity contribution < 1.29 is 14.7 Å². The summed E-state index contributed by atoms with van der Waals surface area (Å²) in [6.07, 6.45) is 0.242. The van der Waals surface area contributed by atoms with Crippen molar-refractivity contribution in [2.45, 2.75) is 13.3 Å². The molecule has 0 atom stereocenters. The Bertz CT molecular complexity index is 668. The van der Waals surface area contributed by atoms with Crippen molar-refractivity contribution in [2.24, 2.45) is 0 Å². The summed E-state index contributed by atoms with van der Waals surface area (Å²) in [5.74, 6) is -0.292. The van der Waals surface area contributed by atoms with Crippen LogP contribution in [0.5, 0.6) is 0 Å². The minimum absolute atomic E-state index is 0.0574. The molecule has 0 aliphatic heterocycles. The molecule has 0 aliphatic carbocycles. The molecule has 0 spiro atoms. The first-order valence-electron chi connectivity index (χ1n) is 7.12. The van der Waals surface area contributed by atoms with Crippen molar-refractivity contribution in [3.63, 3.8) is 0 Å². The smallest absolute Gasteiger partial charge is 0.313 e. The molecule has 0 saturated carbocycles. The van der Waals surface area contributed by atoms with Crippen LogP contribution in [0.1, 0.15) is 11.3 Å². The minimum atomic E-state index is -0.840. The number of carbonyl (C=O) groups excluding carboxylic acids is 1. The first-order valence-corrected chi connectivity index (χ1v) is 9.15. The zero-order valence-electron chi connectivity index (χ0n) is 12.7. The van der Waals surface area contributed by atoms with E-state index in [1.165, 1.54) is 28.7 Å². The van der Waals surface area contributed by atoms with Crippen molar-refractivity contribution in [2.75, 3.05) is 18.1 Å². The van der Waals surface area contributed by atoms with Gasteiger partial charge in [-0.2, -0.15) is 0 Å². The third kappa shape index (κ3) is 6.03. The van der Waals surface area contributed by atoms with E-state index in [-0.39, 0.29) is 18.1 Å². The van der Waals surface area contributed by atoms with E-state index in [9.17, 15) is 9.59 Å². The van der Waals surface area contributed by atoms with Crippen LogP contribution in [-0.4, -0.2) is 40.0 Å². The second kappa shape index (κ2) is 8.69. The van der Waals surface area contributed by atoms with Crippen LogP contribution in [0.2, 0.25) is 0 Å². The van der Waals surface area contributed by atoms with E-state index in [0.717, 1.165) is 16.3 Å². The van der Waals surface area contributed by atoms with Gasteiger partial charge in [0.25, 0.3) is 0 Å².